The number of nitrogens with one attached hydrogen (secondary N) is 2. The molecule has 1 rings (SSSR count). The average molecular weight is 272 g/mol. The first kappa shape index (κ1) is 16.2. The lowest BCUT2D eigenvalue weighted by molar-refractivity contribution is 0.0275. The van der Waals surface area contributed by atoms with Crippen LogP contribution in [0, 0.1) is 0 Å². The number of urea groups is 1. The van der Waals surface area contributed by atoms with Crippen molar-refractivity contribution in [2.75, 3.05) is 19.7 Å². The summed E-state index contributed by atoms with van der Waals surface area (Å²) in [5.41, 5.74) is 0. The summed E-state index contributed by atoms with van der Waals surface area (Å²) in [4.78, 5) is 11.3. The van der Waals surface area contributed by atoms with Crippen LogP contribution < -0.4 is 10.6 Å². The van der Waals surface area contributed by atoms with Crippen molar-refractivity contribution in [1.29, 1.82) is 0 Å². The molecular formula is C14H28N2O3. The second-order valence-corrected chi connectivity index (χ2v) is 5.30. The summed E-state index contributed by atoms with van der Waals surface area (Å²) in [6, 6.07) is -0.168. The summed E-state index contributed by atoms with van der Waals surface area (Å²) < 4.78 is 5.77. The van der Waals surface area contributed by atoms with Gasteiger partial charge < -0.3 is 20.5 Å². The predicted molar refractivity (Wildman–Crippen MR) is 75.1 cm³/mol. The van der Waals surface area contributed by atoms with Crippen molar-refractivity contribution >= 4 is 6.03 Å². The van der Waals surface area contributed by atoms with Gasteiger partial charge in [0.05, 0.1) is 12.2 Å². The van der Waals surface area contributed by atoms with E-state index in [0.717, 1.165) is 13.0 Å². The maximum atomic E-state index is 11.3. The van der Waals surface area contributed by atoms with Crippen LogP contribution in [-0.2, 0) is 4.74 Å². The minimum absolute atomic E-state index is 0.168. The summed E-state index contributed by atoms with van der Waals surface area (Å²) in [6.45, 7) is 3.57. The molecule has 2 amide bonds. The molecule has 0 aliphatic heterocycles. The van der Waals surface area contributed by atoms with Crippen LogP contribution in [0.1, 0.15) is 51.9 Å². The van der Waals surface area contributed by atoms with E-state index in [4.69, 9.17) is 9.84 Å². The minimum Gasteiger partial charge on any atom is -0.393 e. The summed E-state index contributed by atoms with van der Waals surface area (Å²) >= 11 is 0. The molecule has 0 aromatic rings. The minimum atomic E-state index is -0.371. The zero-order valence-corrected chi connectivity index (χ0v) is 12.0. The van der Waals surface area contributed by atoms with Crippen LogP contribution in [0.15, 0.2) is 0 Å². The Balaban J connectivity index is 1.88. The molecular weight excluding hydrogens is 244 g/mol. The third-order valence-corrected chi connectivity index (χ3v) is 3.36. The largest absolute Gasteiger partial charge is 0.393 e. The molecule has 0 aromatic heterocycles. The van der Waals surface area contributed by atoms with Gasteiger partial charge in [0.15, 0.2) is 0 Å². The molecule has 1 atom stereocenters. The van der Waals surface area contributed by atoms with Crippen molar-refractivity contribution in [3.05, 3.63) is 0 Å². The molecule has 1 unspecified atom stereocenters. The zero-order valence-electron chi connectivity index (χ0n) is 12.0. The normalized spacial score (nSPS) is 18.0. The molecule has 0 bridgehead atoms. The van der Waals surface area contributed by atoms with E-state index in [-0.39, 0.29) is 12.1 Å². The molecule has 1 aliphatic rings. The molecule has 5 nitrogen and oxygen atoms in total. The van der Waals surface area contributed by atoms with E-state index >= 15 is 0 Å². The first-order chi connectivity index (χ1) is 9.18. The van der Waals surface area contributed by atoms with Crippen molar-refractivity contribution < 1.29 is 14.6 Å². The molecule has 112 valence electrons. The van der Waals surface area contributed by atoms with E-state index in [1.165, 1.54) is 32.1 Å². The van der Waals surface area contributed by atoms with Gasteiger partial charge >= 0.3 is 6.03 Å². The SMILES string of the molecule is CC(O)CCNC(=O)NCCCOC1CCCCC1. The van der Waals surface area contributed by atoms with Crippen molar-refractivity contribution in [3.8, 4) is 0 Å². The lowest BCUT2D eigenvalue weighted by Gasteiger charge is -2.21. The molecule has 0 heterocycles. The molecule has 1 fully saturated rings. The van der Waals surface area contributed by atoms with Gasteiger partial charge in [-0.2, -0.15) is 0 Å². The van der Waals surface area contributed by atoms with Gasteiger partial charge in [-0.05, 0) is 32.6 Å². The molecule has 19 heavy (non-hydrogen) atoms. The van der Waals surface area contributed by atoms with E-state index in [1.54, 1.807) is 6.92 Å². The van der Waals surface area contributed by atoms with Crippen LogP contribution in [0.25, 0.3) is 0 Å². The smallest absolute Gasteiger partial charge is 0.314 e. The highest BCUT2D eigenvalue weighted by Gasteiger charge is 2.12. The van der Waals surface area contributed by atoms with Gasteiger partial charge in [0.2, 0.25) is 0 Å². The maximum absolute atomic E-state index is 11.3. The number of hydrogen-bond acceptors (Lipinski definition) is 3. The van der Waals surface area contributed by atoms with Crippen LogP contribution in [-0.4, -0.2) is 43.0 Å². The van der Waals surface area contributed by atoms with Crippen molar-refractivity contribution in [2.24, 2.45) is 0 Å². The Morgan fingerprint density at radius 2 is 1.95 bits per heavy atom. The molecule has 3 N–H and O–H groups in total. The van der Waals surface area contributed by atoms with Gasteiger partial charge in [0.25, 0.3) is 0 Å². The Labute approximate surface area is 116 Å². The van der Waals surface area contributed by atoms with Crippen molar-refractivity contribution in [2.45, 2.75) is 64.1 Å². The van der Waals surface area contributed by atoms with Crippen LogP contribution in [0.3, 0.4) is 0 Å². The quantitative estimate of drug-likeness (QED) is 0.590. The van der Waals surface area contributed by atoms with Crippen molar-refractivity contribution in [1.82, 2.24) is 10.6 Å². The monoisotopic (exact) mass is 272 g/mol. The first-order valence-corrected chi connectivity index (χ1v) is 7.50. The lowest BCUT2D eigenvalue weighted by Crippen LogP contribution is -2.37. The third-order valence-electron chi connectivity index (χ3n) is 3.36. The van der Waals surface area contributed by atoms with E-state index in [2.05, 4.69) is 10.6 Å². The topological polar surface area (TPSA) is 70.6 Å². The fourth-order valence-electron chi connectivity index (χ4n) is 2.21. The number of aliphatic hydroxyl groups excluding tert-OH is 1. The lowest BCUT2D eigenvalue weighted by atomic mass is 9.98. The second-order valence-electron chi connectivity index (χ2n) is 5.30. The molecule has 1 aliphatic carbocycles. The van der Waals surface area contributed by atoms with Crippen LogP contribution in [0.4, 0.5) is 4.79 Å². The van der Waals surface area contributed by atoms with Gasteiger partial charge in [-0.25, -0.2) is 4.79 Å². The molecule has 0 spiro atoms. The predicted octanol–water partition coefficient (Wildman–Crippen LogP) is 1.80. The fraction of sp³-hybridized carbons (Fsp3) is 0.929. The average Bonchev–Trinajstić information content (AvgIpc) is 2.39. The van der Waals surface area contributed by atoms with E-state index in [0.29, 0.717) is 25.6 Å². The van der Waals surface area contributed by atoms with Gasteiger partial charge in [0, 0.05) is 19.7 Å². The van der Waals surface area contributed by atoms with E-state index in [9.17, 15) is 4.79 Å². The maximum Gasteiger partial charge on any atom is 0.314 e. The number of amides is 2. The number of hydrogen-bond donors (Lipinski definition) is 3. The number of carbonyl (C=O) groups excluding carboxylic acids is 1. The summed E-state index contributed by atoms with van der Waals surface area (Å²) in [5.74, 6) is 0. The summed E-state index contributed by atoms with van der Waals surface area (Å²) in [6.07, 6.45) is 7.79. The highest BCUT2D eigenvalue weighted by atomic mass is 16.5. The van der Waals surface area contributed by atoms with Crippen LogP contribution in [0.5, 0.6) is 0 Å². The summed E-state index contributed by atoms with van der Waals surface area (Å²) in [7, 11) is 0. The fourth-order valence-corrected chi connectivity index (χ4v) is 2.21. The number of aliphatic hydroxyl groups is 1. The Morgan fingerprint density at radius 3 is 2.63 bits per heavy atom. The van der Waals surface area contributed by atoms with E-state index < -0.39 is 0 Å². The van der Waals surface area contributed by atoms with Gasteiger partial charge in [-0.1, -0.05) is 19.3 Å². The van der Waals surface area contributed by atoms with Crippen LogP contribution in [0.2, 0.25) is 0 Å². The third kappa shape index (κ3) is 8.83. The number of ether oxygens (including phenoxy) is 1. The zero-order chi connectivity index (χ0) is 13.9. The second kappa shape index (κ2) is 10.0. The highest BCUT2D eigenvalue weighted by molar-refractivity contribution is 5.73. The summed E-state index contributed by atoms with van der Waals surface area (Å²) in [5, 5.41) is 14.5. The standard InChI is InChI=1S/C14H28N2O3/c1-12(17)8-10-16-14(18)15-9-5-11-19-13-6-3-2-4-7-13/h12-13,17H,2-11H2,1H3,(H2,15,16,18). The molecule has 0 saturated heterocycles. The van der Waals surface area contributed by atoms with E-state index in [1.807, 2.05) is 0 Å². The molecule has 0 radical (unpaired) electrons. The highest BCUT2D eigenvalue weighted by Crippen LogP contribution is 2.20. The molecule has 5 heteroatoms. The Kier molecular flexibility index (Phi) is 8.58. The molecule has 0 aromatic carbocycles. The van der Waals surface area contributed by atoms with Gasteiger partial charge in [-0.3, -0.25) is 0 Å². The van der Waals surface area contributed by atoms with Gasteiger partial charge in [0.1, 0.15) is 0 Å². The van der Waals surface area contributed by atoms with Crippen LogP contribution >= 0.6 is 0 Å². The van der Waals surface area contributed by atoms with Crippen molar-refractivity contribution in [3.63, 3.8) is 0 Å². The van der Waals surface area contributed by atoms with Gasteiger partial charge in [-0.15, -0.1) is 0 Å². The Bertz CT molecular complexity index is 241. The Morgan fingerprint density at radius 1 is 1.26 bits per heavy atom. The Hall–Kier alpha value is -0.810. The number of rotatable bonds is 8. The molecule has 1 saturated carbocycles. The number of carbonyl (C=O) groups is 1. The first-order valence-electron chi connectivity index (χ1n) is 7.50.